The molecule has 0 aromatic heterocycles. The van der Waals surface area contributed by atoms with Crippen LogP contribution in [0.5, 0.6) is 0 Å². The van der Waals surface area contributed by atoms with Crippen LogP contribution in [0, 0.1) is 25.5 Å². The summed E-state index contributed by atoms with van der Waals surface area (Å²) in [5.41, 5.74) is 1.87. The largest absolute Gasteiger partial charge is 0.443 e. The molecule has 0 amide bonds. The molecule has 0 radical (unpaired) electrons. The molecule has 0 heterocycles. The number of aryl methyl sites for hydroxylation is 2. The van der Waals surface area contributed by atoms with Gasteiger partial charge in [0.25, 0.3) is 0 Å². The fourth-order valence-corrected chi connectivity index (χ4v) is 1.75. The van der Waals surface area contributed by atoms with E-state index in [4.69, 9.17) is 0 Å². The Bertz CT molecular complexity index is 533. The van der Waals surface area contributed by atoms with Crippen LogP contribution in [-0.2, 0) is 0 Å². The standard InChI is InChI=1S/C14H13BF2O/c1-9-3-5-11(7-13(9)16)15(18)12-6-4-10(2)14(17)8-12/h3-8,18H,1-2H3. The highest BCUT2D eigenvalue weighted by Gasteiger charge is 2.19. The van der Waals surface area contributed by atoms with Gasteiger partial charge in [-0.3, -0.25) is 0 Å². The summed E-state index contributed by atoms with van der Waals surface area (Å²) in [6.45, 7) is 2.28. The van der Waals surface area contributed by atoms with Crippen LogP contribution in [0.1, 0.15) is 11.1 Å². The number of halogens is 2. The van der Waals surface area contributed by atoms with Crippen LogP contribution in [0.4, 0.5) is 8.78 Å². The van der Waals surface area contributed by atoms with Crippen LogP contribution in [0.2, 0.25) is 0 Å². The van der Waals surface area contributed by atoms with Crippen molar-refractivity contribution in [2.75, 3.05) is 0 Å². The molecule has 0 atom stereocenters. The summed E-state index contributed by atoms with van der Waals surface area (Å²) in [4.78, 5) is 0. The smallest absolute Gasteiger partial charge is 0.359 e. The second-order valence-corrected chi connectivity index (χ2v) is 4.42. The summed E-state index contributed by atoms with van der Waals surface area (Å²) >= 11 is 0. The molecule has 2 aromatic carbocycles. The first-order chi connectivity index (χ1) is 8.49. The van der Waals surface area contributed by atoms with Crippen molar-refractivity contribution in [3.05, 3.63) is 59.2 Å². The molecule has 0 spiro atoms. The Morgan fingerprint density at radius 3 is 1.56 bits per heavy atom. The number of benzene rings is 2. The second-order valence-electron chi connectivity index (χ2n) is 4.42. The van der Waals surface area contributed by atoms with E-state index < -0.39 is 6.92 Å². The van der Waals surface area contributed by atoms with Crippen molar-refractivity contribution in [2.24, 2.45) is 0 Å². The molecule has 0 aliphatic heterocycles. The van der Waals surface area contributed by atoms with E-state index in [1.807, 2.05) is 0 Å². The quantitative estimate of drug-likeness (QED) is 0.799. The third-order valence-corrected chi connectivity index (χ3v) is 3.02. The Hall–Kier alpha value is -1.68. The van der Waals surface area contributed by atoms with Gasteiger partial charge < -0.3 is 5.02 Å². The number of hydrogen-bond donors (Lipinski definition) is 1. The zero-order valence-electron chi connectivity index (χ0n) is 10.2. The normalized spacial score (nSPS) is 10.5. The number of hydrogen-bond acceptors (Lipinski definition) is 1. The highest BCUT2D eigenvalue weighted by atomic mass is 19.1. The molecule has 18 heavy (non-hydrogen) atoms. The first kappa shape index (κ1) is 12.8. The zero-order valence-corrected chi connectivity index (χ0v) is 10.2. The Morgan fingerprint density at radius 2 is 1.22 bits per heavy atom. The summed E-state index contributed by atoms with van der Waals surface area (Å²) in [7, 11) is 0. The van der Waals surface area contributed by atoms with E-state index in [1.165, 1.54) is 12.1 Å². The van der Waals surface area contributed by atoms with Crippen molar-refractivity contribution < 1.29 is 13.8 Å². The monoisotopic (exact) mass is 246 g/mol. The van der Waals surface area contributed by atoms with Gasteiger partial charge in [-0.1, -0.05) is 24.3 Å². The molecule has 1 nitrogen and oxygen atoms in total. The van der Waals surface area contributed by atoms with Crippen molar-refractivity contribution in [3.8, 4) is 0 Å². The highest BCUT2D eigenvalue weighted by molar-refractivity contribution is 6.78. The molecule has 0 aliphatic carbocycles. The molecule has 0 bridgehead atoms. The van der Waals surface area contributed by atoms with Crippen LogP contribution < -0.4 is 10.9 Å². The maximum absolute atomic E-state index is 13.4. The van der Waals surface area contributed by atoms with Crippen LogP contribution in [0.15, 0.2) is 36.4 Å². The summed E-state index contributed by atoms with van der Waals surface area (Å²) in [5, 5.41) is 10.1. The summed E-state index contributed by atoms with van der Waals surface area (Å²) < 4.78 is 26.8. The van der Waals surface area contributed by atoms with Gasteiger partial charge in [-0.15, -0.1) is 0 Å². The van der Waals surface area contributed by atoms with Crippen LogP contribution in [-0.4, -0.2) is 11.9 Å². The van der Waals surface area contributed by atoms with Gasteiger partial charge in [0.05, 0.1) is 0 Å². The SMILES string of the molecule is Cc1ccc(B(O)c2ccc(C)c(F)c2)cc1F. The molecule has 2 aromatic rings. The molecule has 2 rings (SSSR count). The van der Waals surface area contributed by atoms with E-state index in [0.717, 1.165) is 0 Å². The van der Waals surface area contributed by atoms with E-state index in [9.17, 15) is 13.8 Å². The lowest BCUT2D eigenvalue weighted by molar-refractivity contribution is 0.594. The van der Waals surface area contributed by atoms with Crippen molar-refractivity contribution in [3.63, 3.8) is 0 Å². The third kappa shape index (κ3) is 2.43. The van der Waals surface area contributed by atoms with E-state index in [-0.39, 0.29) is 11.6 Å². The summed E-state index contributed by atoms with van der Waals surface area (Å²) in [6.07, 6.45) is 0. The Balaban J connectivity index is 2.37. The highest BCUT2D eigenvalue weighted by Crippen LogP contribution is 2.05. The van der Waals surface area contributed by atoms with Gasteiger partial charge in [0, 0.05) is 0 Å². The van der Waals surface area contributed by atoms with Crippen LogP contribution in [0.25, 0.3) is 0 Å². The van der Waals surface area contributed by atoms with Gasteiger partial charge in [-0.25, -0.2) is 8.78 Å². The van der Waals surface area contributed by atoms with E-state index in [2.05, 4.69) is 0 Å². The minimum absolute atomic E-state index is 0.376. The predicted molar refractivity (Wildman–Crippen MR) is 69.5 cm³/mol. The van der Waals surface area contributed by atoms with Crippen LogP contribution in [0.3, 0.4) is 0 Å². The van der Waals surface area contributed by atoms with Gasteiger partial charge in [-0.2, -0.15) is 0 Å². The van der Waals surface area contributed by atoms with Gasteiger partial charge >= 0.3 is 6.92 Å². The maximum Gasteiger partial charge on any atom is 0.359 e. The molecular formula is C14H13BF2O. The Labute approximate surface area is 105 Å². The average molecular weight is 246 g/mol. The third-order valence-electron chi connectivity index (χ3n) is 3.02. The minimum Gasteiger partial charge on any atom is -0.443 e. The molecule has 0 aliphatic rings. The first-order valence-electron chi connectivity index (χ1n) is 5.69. The molecule has 92 valence electrons. The molecule has 4 heteroatoms. The van der Waals surface area contributed by atoms with Crippen molar-refractivity contribution in [2.45, 2.75) is 13.8 Å². The Kier molecular flexibility index (Phi) is 3.48. The van der Waals surface area contributed by atoms with Gasteiger partial charge in [-0.05, 0) is 48.0 Å². The lowest BCUT2D eigenvalue weighted by atomic mass is 9.56. The lowest BCUT2D eigenvalue weighted by Crippen LogP contribution is -2.42. The molecule has 0 unspecified atom stereocenters. The van der Waals surface area contributed by atoms with Gasteiger partial charge in [0.2, 0.25) is 0 Å². The van der Waals surface area contributed by atoms with Crippen LogP contribution >= 0.6 is 0 Å². The molecule has 0 fully saturated rings. The van der Waals surface area contributed by atoms with Crippen molar-refractivity contribution >= 4 is 17.8 Å². The van der Waals surface area contributed by atoms with Crippen molar-refractivity contribution in [1.29, 1.82) is 0 Å². The topological polar surface area (TPSA) is 20.2 Å². The van der Waals surface area contributed by atoms with Gasteiger partial charge in [0.1, 0.15) is 11.6 Å². The van der Waals surface area contributed by atoms with E-state index in [0.29, 0.717) is 22.1 Å². The molecule has 0 saturated carbocycles. The summed E-state index contributed by atoms with van der Waals surface area (Å²) in [5.74, 6) is -0.752. The first-order valence-corrected chi connectivity index (χ1v) is 5.69. The van der Waals surface area contributed by atoms with Gasteiger partial charge in [0.15, 0.2) is 0 Å². The van der Waals surface area contributed by atoms with Crippen molar-refractivity contribution in [1.82, 2.24) is 0 Å². The maximum atomic E-state index is 13.4. The number of rotatable bonds is 2. The molecular weight excluding hydrogens is 233 g/mol. The predicted octanol–water partition coefficient (Wildman–Crippen LogP) is 1.68. The minimum atomic E-state index is -1.02. The second kappa shape index (κ2) is 4.90. The molecule has 1 N–H and O–H groups in total. The van der Waals surface area contributed by atoms with E-state index in [1.54, 1.807) is 38.1 Å². The molecule has 0 saturated heterocycles. The van der Waals surface area contributed by atoms with E-state index >= 15 is 0 Å². The zero-order chi connectivity index (χ0) is 13.3. The fourth-order valence-electron chi connectivity index (χ4n) is 1.75. The average Bonchev–Trinajstić information content (AvgIpc) is 2.35. The lowest BCUT2D eigenvalue weighted by Gasteiger charge is -2.09. The Morgan fingerprint density at radius 1 is 0.833 bits per heavy atom. The summed E-state index contributed by atoms with van der Waals surface area (Å²) in [6, 6.07) is 9.02. The fraction of sp³-hybridized carbons (Fsp3) is 0.143.